The third-order valence-corrected chi connectivity index (χ3v) is 9.71. The zero-order valence-corrected chi connectivity index (χ0v) is 16.4. The van der Waals surface area contributed by atoms with Crippen LogP contribution in [0.5, 0.6) is 0 Å². The zero-order valence-electron chi connectivity index (χ0n) is 16.4. The molecule has 0 aromatic heterocycles. The number of carbonyl (C=O) groups is 1. The molecule has 0 spiro atoms. The minimum absolute atomic E-state index is 0.311. The largest absolute Gasteiger partial charge is 0.299 e. The van der Waals surface area contributed by atoms with Crippen LogP contribution in [0.25, 0.3) is 0 Å². The summed E-state index contributed by atoms with van der Waals surface area (Å²) in [5.74, 6) is 4.99. The first-order valence-corrected chi connectivity index (χ1v) is 10.9. The number of carbonyl (C=O) groups excluding carboxylic acids is 1. The Bertz CT molecular complexity index is 510. The van der Waals surface area contributed by atoms with E-state index in [0.717, 1.165) is 30.6 Å². The minimum atomic E-state index is 0.311. The fourth-order valence-electron chi connectivity index (χ4n) is 8.33. The maximum atomic E-state index is 13.0. The summed E-state index contributed by atoms with van der Waals surface area (Å²) in [7, 11) is 0. The van der Waals surface area contributed by atoms with E-state index in [9.17, 15) is 4.79 Å². The molecule has 8 unspecified atom stereocenters. The Kier molecular flexibility index (Phi) is 4.17. The molecule has 1 heteroatoms. The summed E-state index contributed by atoms with van der Waals surface area (Å²) in [5.41, 5.74) is 0.908. The van der Waals surface area contributed by atoms with Gasteiger partial charge in [-0.3, -0.25) is 4.79 Å². The first-order chi connectivity index (χ1) is 11.4. The number of Topliss-reactive ketones (excluding diaryl/α,β-unsaturated/α-hetero) is 1. The zero-order chi connectivity index (χ0) is 17.1. The summed E-state index contributed by atoms with van der Waals surface area (Å²) in [6.45, 7) is 9.75. The molecule has 4 rings (SSSR count). The molecule has 0 aliphatic heterocycles. The van der Waals surface area contributed by atoms with Gasteiger partial charge in [0.15, 0.2) is 0 Å². The van der Waals surface area contributed by atoms with Gasteiger partial charge in [0.05, 0.1) is 0 Å². The lowest BCUT2D eigenvalue weighted by molar-refractivity contribution is -0.126. The Hall–Kier alpha value is -0.330. The van der Waals surface area contributed by atoms with Crippen molar-refractivity contribution in [2.75, 3.05) is 0 Å². The van der Waals surface area contributed by atoms with Crippen LogP contribution in [0.2, 0.25) is 0 Å². The molecule has 0 heterocycles. The van der Waals surface area contributed by atoms with E-state index in [2.05, 4.69) is 27.7 Å². The molecular weight excluding hydrogens is 292 g/mol. The Morgan fingerprint density at radius 3 is 2.54 bits per heavy atom. The van der Waals surface area contributed by atoms with Crippen molar-refractivity contribution < 1.29 is 4.79 Å². The summed E-state index contributed by atoms with van der Waals surface area (Å²) < 4.78 is 0. The van der Waals surface area contributed by atoms with Crippen LogP contribution in [0.4, 0.5) is 0 Å². The van der Waals surface area contributed by atoms with Gasteiger partial charge in [-0.05, 0) is 78.9 Å². The molecule has 0 bridgehead atoms. The van der Waals surface area contributed by atoms with Gasteiger partial charge in [-0.2, -0.15) is 0 Å². The predicted octanol–water partition coefficient (Wildman–Crippen LogP) is 6.26. The van der Waals surface area contributed by atoms with E-state index in [1.165, 1.54) is 51.4 Å². The molecule has 4 saturated carbocycles. The highest BCUT2D eigenvalue weighted by molar-refractivity contribution is 5.85. The third-order valence-electron chi connectivity index (χ3n) is 9.71. The van der Waals surface area contributed by atoms with Crippen LogP contribution in [0.1, 0.15) is 91.9 Å². The number of ketones is 1. The molecule has 0 aromatic carbocycles. The molecule has 0 amide bonds. The van der Waals surface area contributed by atoms with E-state index in [1.807, 2.05) is 0 Å². The van der Waals surface area contributed by atoms with Gasteiger partial charge in [0.2, 0.25) is 0 Å². The molecule has 4 aliphatic carbocycles. The summed E-state index contributed by atoms with van der Waals surface area (Å²) in [6, 6.07) is 0. The van der Waals surface area contributed by atoms with Crippen LogP contribution >= 0.6 is 0 Å². The normalized spacial score (nSPS) is 52.3. The van der Waals surface area contributed by atoms with E-state index in [4.69, 9.17) is 0 Å². The lowest BCUT2D eigenvalue weighted by atomic mass is 9.44. The maximum absolute atomic E-state index is 13.0. The average Bonchev–Trinajstić information content (AvgIpc) is 2.84. The Labute approximate surface area is 149 Å². The first-order valence-electron chi connectivity index (χ1n) is 10.9. The molecule has 0 aromatic rings. The van der Waals surface area contributed by atoms with Crippen LogP contribution < -0.4 is 0 Å². The van der Waals surface area contributed by atoms with Crippen LogP contribution in [-0.4, -0.2) is 5.78 Å². The van der Waals surface area contributed by atoms with Crippen molar-refractivity contribution >= 4 is 5.78 Å². The smallest absolute Gasteiger partial charge is 0.137 e. The Morgan fingerprint density at radius 1 is 1.00 bits per heavy atom. The summed E-state index contributed by atoms with van der Waals surface area (Å²) in [5, 5.41) is 0. The van der Waals surface area contributed by atoms with Crippen molar-refractivity contribution in [1.29, 1.82) is 0 Å². The van der Waals surface area contributed by atoms with Crippen molar-refractivity contribution in [3.63, 3.8) is 0 Å². The maximum Gasteiger partial charge on any atom is 0.137 e. The second kappa shape index (κ2) is 5.85. The quantitative estimate of drug-likeness (QED) is 0.584. The van der Waals surface area contributed by atoms with E-state index >= 15 is 0 Å². The van der Waals surface area contributed by atoms with E-state index in [0.29, 0.717) is 34.4 Å². The third kappa shape index (κ3) is 2.21. The lowest BCUT2D eigenvalue weighted by Crippen LogP contribution is -2.53. The fraction of sp³-hybridized carbons (Fsp3) is 0.957. The van der Waals surface area contributed by atoms with Crippen LogP contribution in [-0.2, 0) is 4.79 Å². The minimum Gasteiger partial charge on any atom is -0.299 e. The monoisotopic (exact) mass is 330 g/mol. The molecule has 0 N–H and O–H groups in total. The first kappa shape index (κ1) is 17.1. The van der Waals surface area contributed by atoms with Gasteiger partial charge in [0.25, 0.3) is 0 Å². The van der Waals surface area contributed by atoms with Gasteiger partial charge < -0.3 is 0 Å². The Balaban J connectivity index is 1.64. The summed E-state index contributed by atoms with van der Waals surface area (Å²) >= 11 is 0. The van der Waals surface area contributed by atoms with Crippen molar-refractivity contribution in [2.45, 2.75) is 91.9 Å². The van der Waals surface area contributed by atoms with E-state index in [-0.39, 0.29) is 0 Å². The molecule has 1 nitrogen and oxygen atoms in total. The Morgan fingerprint density at radius 2 is 1.79 bits per heavy atom. The van der Waals surface area contributed by atoms with E-state index < -0.39 is 0 Å². The topological polar surface area (TPSA) is 17.1 Å². The van der Waals surface area contributed by atoms with Crippen LogP contribution in [0.3, 0.4) is 0 Å². The number of fused-ring (bicyclic) bond motifs is 5. The summed E-state index contributed by atoms with van der Waals surface area (Å²) in [4.78, 5) is 13.0. The summed E-state index contributed by atoms with van der Waals surface area (Å²) in [6.07, 6.45) is 13.5. The molecule has 4 aliphatic rings. The average molecular weight is 331 g/mol. The molecule has 0 saturated heterocycles. The SMILES string of the molecule is CCC(C)C1C(=O)CC2C3CCC4CCCCC4(C)C3CCC21C. The van der Waals surface area contributed by atoms with Gasteiger partial charge in [-0.25, -0.2) is 0 Å². The van der Waals surface area contributed by atoms with Crippen LogP contribution in [0.15, 0.2) is 0 Å². The highest BCUT2D eigenvalue weighted by Gasteiger charge is 2.62. The fourth-order valence-corrected chi connectivity index (χ4v) is 8.33. The molecule has 8 atom stereocenters. The number of hydrogen-bond acceptors (Lipinski definition) is 1. The number of hydrogen-bond donors (Lipinski definition) is 0. The van der Waals surface area contributed by atoms with Gasteiger partial charge >= 0.3 is 0 Å². The predicted molar refractivity (Wildman–Crippen MR) is 99.7 cm³/mol. The van der Waals surface area contributed by atoms with E-state index in [1.54, 1.807) is 0 Å². The molecule has 4 fully saturated rings. The molecule has 0 radical (unpaired) electrons. The molecule has 24 heavy (non-hydrogen) atoms. The van der Waals surface area contributed by atoms with Crippen molar-refractivity contribution in [3.05, 3.63) is 0 Å². The molecular formula is C23H38O. The highest BCUT2D eigenvalue weighted by atomic mass is 16.1. The highest BCUT2D eigenvalue weighted by Crippen LogP contribution is 2.67. The lowest BCUT2D eigenvalue weighted by Gasteiger charge is -2.60. The van der Waals surface area contributed by atoms with Crippen LogP contribution in [0, 0.1) is 46.3 Å². The van der Waals surface area contributed by atoms with Crippen molar-refractivity contribution in [3.8, 4) is 0 Å². The van der Waals surface area contributed by atoms with Crippen molar-refractivity contribution in [1.82, 2.24) is 0 Å². The van der Waals surface area contributed by atoms with Gasteiger partial charge in [0.1, 0.15) is 5.78 Å². The van der Waals surface area contributed by atoms with Crippen molar-refractivity contribution in [2.24, 2.45) is 46.3 Å². The van der Waals surface area contributed by atoms with Gasteiger partial charge in [-0.15, -0.1) is 0 Å². The van der Waals surface area contributed by atoms with Gasteiger partial charge in [-0.1, -0.05) is 47.0 Å². The molecule has 136 valence electrons. The second-order valence-corrected chi connectivity index (χ2v) is 10.5. The van der Waals surface area contributed by atoms with Gasteiger partial charge in [0, 0.05) is 12.3 Å². The second-order valence-electron chi connectivity index (χ2n) is 10.5. The number of rotatable bonds is 2. The standard InChI is InChI=1S/C23H38O/c1-5-15(2)21-20(24)14-19-17-10-9-16-8-6-7-12-22(16,3)18(17)11-13-23(19,21)4/h15-19,21H,5-14H2,1-4H3.